The van der Waals surface area contributed by atoms with Gasteiger partial charge in [0.05, 0.1) is 6.61 Å². The van der Waals surface area contributed by atoms with Crippen LogP contribution in [0.2, 0.25) is 0 Å². The van der Waals surface area contributed by atoms with Crippen LogP contribution in [0.3, 0.4) is 0 Å². The van der Waals surface area contributed by atoms with Gasteiger partial charge in [0.15, 0.2) is 0 Å². The summed E-state index contributed by atoms with van der Waals surface area (Å²) in [6.07, 6.45) is -3.69. The van der Waals surface area contributed by atoms with Gasteiger partial charge in [-0.2, -0.15) is 8.78 Å². The fourth-order valence-electron chi connectivity index (χ4n) is 1.43. The van der Waals surface area contributed by atoms with Gasteiger partial charge in [-0.15, -0.1) is 11.3 Å². The van der Waals surface area contributed by atoms with Crippen molar-refractivity contribution in [2.24, 2.45) is 5.92 Å². The SMILES string of the molecule is CC(C)CNCc1ccc(COCC(F)(F)C(F)F)s1. The fraction of sp³-hybridized carbons (Fsp3) is 0.692. The summed E-state index contributed by atoms with van der Waals surface area (Å²) in [4.78, 5) is 1.81. The number of thiophene rings is 1. The molecule has 1 rings (SSSR count). The van der Waals surface area contributed by atoms with Crippen molar-refractivity contribution in [3.63, 3.8) is 0 Å². The van der Waals surface area contributed by atoms with Gasteiger partial charge in [-0.1, -0.05) is 13.8 Å². The molecule has 0 radical (unpaired) electrons. The van der Waals surface area contributed by atoms with Crippen molar-refractivity contribution in [1.82, 2.24) is 5.32 Å². The highest BCUT2D eigenvalue weighted by molar-refractivity contribution is 7.11. The van der Waals surface area contributed by atoms with Crippen LogP contribution in [-0.2, 0) is 17.9 Å². The van der Waals surface area contributed by atoms with Crippen LogP contribution >= 0.6 is 11.3 Å². The Labute approximate surface area is 120 Å². The smallest absolute Gasteiger partial charge is 0.330 e. The molecule has 0 saturated heterocycles. The van der Waals surface area contributed by atoms with Gasteiger partial charge < -0.3 is 10.1 Å². The molecule has 0 bridgehead atoms. The van der Waals surface area contributed by atoms with E-state index < -0.39 is 19.0 Å². The van der Waals surface area contributed by atoms with Gasteiger partial charge >= 0.3 is 12.3 Å². The molecule has 1 aromatic heterocycles. The zero-order valence-corrected chi connectivity index (χ0v) is 12.3. The van der Waals surface area contributed by atoms with E-state index in [2.05, 4.69) is 23.9 Å². The molecule has 1 N–H and O–H groups in total. The van der Waals surface area contributed by atoms with Gasteiger partial charge in [-0.3, -0.25) is 0 Å². The molecule has 0 unspecified atom stereocenters. The maximum Gasteiger partial charge on any atom is 0.330 e. The fourth-order valence-corrected chi connectivity index (χ4v) is 2.36. The van der Waals surface area contributed by atoms with E-state index in [4.69, 9.17) is 0 Å². The molecule has 1 heterocycles. The summed E-state index contributed by atoms with van der Waals surface area (Å²) >= 11 is 1.42. The molecule has 0 saturated carbocycles. The standard InChI is InChI=1S/C13H19F4NOS/c1-9(2)5-18-6-10-3-4-11(20-10)7-19-8-13(16,17)12(14)15/h3-4,9,12,18H,5-8H2,1-2H3. The van der Waals surface area contributed by atoms with Crippen LogP contribution in [0.15, 0.2) is 12.1 Å². The Kier molecular flexibility index (Phi) is 6.91. The first-order chi connectivity index (χ1) is 9.31. The average molecular weight is 313 g/mol. The maximum absolute atomic E-state index is 12.6. The molecule has 0 aromatic carbocycles. The Balaban J connectivity index is 2.30. The summed E-state index contributed by atoms with van der Waals surface area (Å²) in [7, 11) is 0. The number of alkyl halides is 4. The number of nitrogens with one attached hydrogen (secondary N) is 1. The van der Waals surface area contributed by atoms with Crippen LogP contribution in [0.5, 0.6) is 0 Å². The lowest BCUT2D eigenvalue weighted by Gasteiger charge is -2.14. The molecular weight excluding hydrogens is 294 g/mol. The average Bonchev–Trinajstić information content (AvgIpc) is 2.76. The van der Waals surface area contributed by atoms with Crippen molar-refractivity contribution in [2.75, 3.05) is 13.2 Å². The van der Waals surface area contributed by atoms with Crippen LogP contribution in [0, 0.1) is 5.92 Å². The predicted molar refractivity (Wildman–Crippen MR) is 71.5 cm³/mol. The van der Waals surface area contributed by atoms with Gasteiger partial charge in [0.25, 0.3) is 0 Å². The van der Waals surface area contributed by atoms with Crippen LogP contribution in [-0.4, -0.2) is 25.5 Å². The minimum atomic E-state index is -4.08. The molecule has 7 heteroatoms. The quantitative estimate of drug-likeness (QED) is 0.698. The number of hydrogen-bond donors (Lipinski definition) is 1. The number of hydrogen-bond acceptors (Lipinski definition) is 3. The molecule has 20 heavy (non-hydrogen) atoms. The Hall–Kier alpha value is -0.660. The highest BCUT2D eigenvalue weighted by atomic mass is 32.1. The van der Waals surface area contributed by atoms with E-state index in [0.717, 1.165) is 16.3 Å². The summed E-state index contributed by atoms with van der Waals surface area (Å²) in [5, 5.41) is 3.26. The second-order valence-corrected chi connectivity index (χ2v) is 6.20. The molecule has 0 aliphatic heterocycles. The van der Waals surface area contributed by atoms with Crippen molar-refractivity contribution < 1.29 is 22.3 Å². The molecule has 0 aliphatic rings. The van der Waals surface area contributed by atoms with E-state index in [0.29, 0.717) is 12.5 Å². The van der Waals surface area contributed by atoms with E-state index >= 15 is 0 Å². The van der Waals surface area contributed by atoms with Gasteiger partial charge in [0, 0.05) is 16.3 Å². The largest absolute Gasteiger partial charge is 0.369 e. The monoisotopic (exact) mass is 313 g/mol. The number of ether oxygens (including phenoxy) is 1. The van der Waals surface area contributed by atoms with Crippen LogP contribution in [0.25, 0.3) is 0 Å². The second kappa shape index (κ2) is 7.95. The third kappa shape index (κ3) is 6.19. The van der Waals surface area contributed by atoms with Crippen molar-refractivity contribution in [1.29, 1.82) is 0 Å². The molecule has 0 amide bonds. The minimum absolute atomic E-state index is 0.0723. The lowest BCUT2D eigenvalue weighted by Crippen LogP contribution is -2.32. The van der Waals surface area contributed by atoms with Gasteiger partial charge in [0.1, 0.15) is 6.61 Å². The van der Waals surface area contributed by atoms with E-state index in [-0.39, 0.29) is 6.61 Å². The topological polar surface area (TPSA) is 21.3 Å². The minimum Gasteiger partial charge on any atom is -0.369 e. The predicted octanol–water partition coefficient (Wildman–Crippen LogP) is 3.91. The van der Waals surface area contributed by atoms with E-state index in [1.54, 1.807) is 6.07 Å². The lowest BCUT2D eigenvalue weighted by molar-refractivity contribution is -0.168. The summed E-state index contributed by atoms with van der Waals surface area (Å²) in [5.74, 6) is -3.53. The molecule has 2 nitrogen and oxygen atoms in total. The molecule has 0 aliphatic carbocycles. The van der Waals surface area contributed by atoms with Crippen LogP contribution in [0.4, 0.5) is 17.6 Å². The second-order valence-electron chi connectivity index (χ2n) is 4.95. The summed E-state index contributed by atoms with van der Waals surface area (Å²) in [5.41, 5.74) is 0. The lowest BCUT2D eigenvalue weighted by atomic mass is 10.2. The Morgan fingerprint density at radius 3 is 2.50 bits per heavy atom. The highest BCUT2D eigenvalue weighted by Crippen LogP contribution is 2.24. The highest BCUT2D eigenvalue weighted by Gasteiger charge is 2.40. The van der Waals surface area contributed by atoms with Crippen molar-refractivity contribution in [2.45, 2.75) is 39.3 Å². The zero-order valence-electron chi connectivity index (χ0n) is 11.5. The first-order valence-electron chi connectivity index (χ1n) is 6.33. The molecule has 0 atom stereocenters. The molecule has 116 valence electrons. The normalized spacial score (nSPS) is 12.6. The molecule has 1 aromatic rings. The third-order valence-corrected chi connectivity index (χ3v) is 3.49. The summed E-state index contributed by atoms with van der Waals surface area (Å²) < 4.78 is 53.7. The molecular formula is C13H19F4NOS. The van der Waals surface area contributed by atoms with Crippen LogP contribution < -0.4 is 5.32 Å². The van der Waals surface area contributed by atoms with Gasteiger partial charge in [0.2, 0.25) is 0 Å². The van der Waals surface area contributed by atoms with Crippen LogP contribution in [0.1, 0.15) is 23.6 Å². The van der Waals surface area contributed by atoms with Crippen molar-refractivity contribution in [3.05, 3.63) is 21.9 Å². The maximum atomic E-state index is 12.6. The molecule has 0 fully saturated rings. The van der Waals surface area contributed by atoms with E-state index in [9.17, 15) is 17.6 Å². The zero-order chi connectivity index (χ0) is 15.2. The summed E-state index contributed by atoms with van der Waals surface area (Å²) in [6.45, 7) is 4.47. The first-order valence-corrected chi connectivity index (χ1v) is 7.15. The summed E-state index contributed by atoms with van der Waals surface area (Å²) in [6, 6.07) is 3.64. The van der Waals surface area contributed by atoms with Gasteiger partial charge in [-0.05, 0) is 24.6 Å². The van der Waals surface area contributed by atoms with Gasteiger partial charge in [-0.25, -0.2) is 8.78 Å². The van der Waals surface area contributed by atoms with Crippen molar-refractivity contribution >= 4 is 11.3 Å². The number of halogens is 4. The van der Waals surface area contributed by atoms with E-state index in [1.807, 2.05) is 6.07 Å². The van der Waals surface area contributed by atoms with E-state index in [1.165, 1.54) is 11.3 Å². The Morgan fingerprint density at radius 2 is 1.90 bits per heavy atom. The Bertz CT molecular complexity index is 395. The van der Waals surface area contributed by atoms with Crippen molar-refractivity contribution in [3.8, 4) is 0 Å². The molecule has 0 spiro atoms. The Morgan fingerprint density at radius 1 is 1.25 bits per heavy atom. The third-order valence-electron chi connectivity index (χ3n) is 2.43. The number of rotatable bonds is 9. The first kappa shape index (κ1) is 17.4.